The topological polar surface area (TPSA) is 118 Å². The average Bonchev–Trinajstić information content (AvgIpc) is 2.82. The van der Waals surface area contributed by atoms with E-state index in [1.54, 1.807) is 10.7 Å². The van der Waals surface area contributed by atoms with Crippen LogP contribution in [-0.4, -0.2) is 31.7 Å². The van der Waals surface area contributed by atoms with Gasteiger partial charge in [0.05, 0.1) is 5.69 Å². The molecule has 0 aliphatic heterocycles. The fraction of sp³-hybridized carbons (Fsp3) is 0.231. The number of amides is 1. The maximum Gasteiger partial charge on any atom is 0.270 e. The zero-order valence-electron chi connectivity index (χ0n) is 11.7. The van der Waals surface area contributed by atoms with Crippen LogP contribution in [0.25, 0.3) is 0 Å². The molecule has 0 spiro atoms. The van der Waals surface area contributed by atoms with Crippen LogP contribution in [-0.2, 0) is 13.6 Å². The smallest absolute Gasteiger partial charge is 0.270 e. The van der Waals surface area contributed by atoms with E-state index in [1.165, 1.54) is 12.3 Å². The molecule has 2 heterocycles. The predicted octanol–water partition coefficient (Wildman–Crippen LogP) is 0.148. The van der Waals surface area contributed by atoms with Gasteiger partial charge in [-0.05, 0) is 19.1 Å². The van der Waals surface area contributed by atoms with E-state index < -0.39 is 0 Å². The number of nitrogens with one attached hydrogen (secondary N) is 1. The third kappa shape index (κ3) is 3.35. The monoisotopic (exact) mass is 288 g/mol. The number of aryl methyl sites for hydroxylation is 2. The largest absolute Gasteiger partial charge is 0.409 e. The van der Waals surface area contributed by atoms with Crippen LogP contribution in [0.3, 0.4) is 0 Å². The molecule has 0 fully saturated rings. The van der Waals surface area contributed by atoms with Crippen molar-refractivity contribution in [2.24, 2.45) is 17.9 Å². The molecule has 0 saturated heterocycles. The third-order valence-corrected chi connectivity index (χ3v) is 2.95. The second kappa shape index (κ2) is 6.04. The summed E-state index contributed by atoms with van der Waals surface area (Å²) in [6.45, 7) is 2.26. The molecule has 8 nitrogen and oxygen atoms in total. The lowest BCUT2D eigenvalue weighted by molar-refractivity contribution is 0.0946. The van der Waals surface area contributed by atoms with Crippen molar-refractivity contribution in [1.29, 1.82) is 0 Å². The van der Waals surface area contributed by atoms with Gasteiger partial charge in [-0.1, -0.05) is 5.16 Å². The summed E-state index contributed by atoms with van der Waals surface area (Å²) >= 11 is 0. The summed E-state index contributed by atoms with van der Waals surface area (Å²) in [4.78, 5) is 16.0. The van der Waals surface area contributed by atoms with Gasteiger partial charge in [-0.2, -0.15) is 5.10 Å². The molecule has 0 aliphatic rings. The van der Waals surface area contributed by atoms with Gasteiger partial charge >= 0.3 is 0 Å². The minimum absolute atomic E-state index is 0.0551. The van der Waals surface area contributed by atoms with E-state index in [0.717, 1.165) is 11.3 Å². The number of carbonyl (C=O) groups is 1. The summed E-state index contributed by atoms with van der Waals surface area (Å²) in [7, 11) is 1.83. The number of nitrogens with zero attached hydrogens (tertiary/aromatic N) is 4. The van der Waals surface area contributed by atoms with Crippen LogP contribution in [0.15, 0.2) is 29.7 Å². The van der Waals surface area contributed by atoms with E-state index >= 15 is 0 Å². The van der Waals surface area contributed by atoms with Gasteiger partial charge in [0.1, 0.15) is 5.69 Å². The fourth-order valence-corrected chi connectivity index (χ4v) is 1.83. The van der Waals surface area contributed by atoms with Crippen molar-refractivity contribution in [1.82, 2.24) is 20.1 Å². The Morgan fingerprint density at radius 3 is 2.81 bits per heavy atom. The summed E-state index contributed by atoms with van der Waals surface area (Å²) in [5.74, 6) is -0.357. The maximum absolute atomic E-state index is 12.0. The molecule has 0 aliphatic carbocycles. The van der Waals surface area contributed by atoms with Gasteiger partial charge in [-0.15, -0.1) is 0 Å². The first-order chi connectivity index (χ1) is 10.0. The molecule has 21 heavy (non-hydrogen) atoms. The molecule has 110 valence electrons. The van der Waals surface area contributed by atoms with E-state index in [2.05, 4.69) is 20.6 Å². The number of aromatic nitrogens is 3. The van der Waals surface area contributed by atoms with Gasteiger partial charge in [0.25, 0.3) is 5.91 Å². The molecule has 4 N–H and O–H groups in total. The van der Waals surface area contributed by atoms with Gasteiger partial charge < -0.3 is 16.3 Å². The molecule has 2 rings (SSSR count). The van der Waals surface area contributed by atoms with Crippen LogP contribution in [0, 0.1) is 6.92 Å². The van der Waals surface area contributed by atoms with E-state index in [9.17, 15) is 4.79 Å². The van der Waals surface area contributed by atoms with Gasteiger partial charge in [-0.3, -0.25) is 14.5 Å². The molecule has 1 amide bonds. The van der Waals surface area contributed by atoms with Gasteiger partial charge in [0.2, 0.25) is 0 Å². The molecule has 0 atom stereocenters. The zero-order valence-corrected chi connectivity index (χ0v) is 11.7. The highest BCUT2D eigenvalue weighted by molar-refractivity contribution is 5.98. The van der Waals surface area contributed by atoms with Crippen LogP contribution >= 0.6 is 0 Å². The number of carbonyl (C=O) groups excluding carboxylic acids is 1. The van der Waals surface area contributed by atoms with Crippen molar-refractivity contribution in [3.63, 3.8) is 0 Å². The molecule has 0 saturated carbocycles. The van der Waals surface area contributed by atoms with E-state index in [0.29, 0.717) is 12.1 Å². The Labute approximate surface area is 121 Å². The lowest BCUT2D eigenvalue weighted by atomic mass is 10.2. The van der Waals surface area contributed by atoms with Crippen LogP contribution in [0.1, 0.15) is 27.3 Å². The normalized spacial score (nSPS) is 11.4. The Bertz CT molecular complexity index is 674. The van der Waals surface area contributed by atoms with Crippen LogP contribution in [0.4, 0.5) is 0 Å². The van der Waals surface area contributed by atoms with Crippen molar-refractivity contribution in [2.75, 3.05) is 0 Å². The van der Waals surface area contributed by atoms with Crippen molar-refractivity contribution in [3.8, 4) is 0 Å². The van der Waals surface area contributed by atoms with Crippen molar-refractivity contribution in [3.05, 3.63) is 47.0 Å². The molecule has 0 radical (unpaired) electrons. The Morgan fingerprint density at radius 2 is 2.29 bits per heavy atom. The van der Waals surface area contributed by atoms with Crippen LogP contribution < -0.4 is 11.1 Å². The number of pyridine rings is 1. The standard InChI is InChI=1S/C13H16N6O2/c1-8-10(7-19(2)17-8)6-16-13(20)11-4-3-9(5-15-11)12(14)18-21/h3-5,7,21H,6H2,1-2H3,(H2,14,18)(H,16,20). The van der Waals surface area contributed by atoms with Crippen molar-refractivity contribution >= 4 is 11.7 Å². The average molecular weight is 288 g/mol. The first kappa shape index (κ1) is 14.5. The lowest BCUT2D eigenvalue weighted by Gasteiger charge is -2.04. The molecule has 0 bridgehead atoms. The first-order valence-corrected chi connectivity index (χ1v) is 6.22. The molecule has 2 aromatic heterocycles. The Kier molecular flexibility index (Phi) is 4.17. The molecular formula is C13H16N6O2. The summed E-state index contributed by atoms with van der Waals surface area (Å²) < 4.78 is 1.70. The number of hydrogen-bond acceptors (Lipinski definition) is 5. The zero-order chi connectivity index (χ0) is 15.4. The molecule has 8 heteroatoms. The summed E-state index contributed by atoms with van der Waals surface area (Å²) in [5.41, 5.74) is 7.93. The van der Waals surface area contributed by atoms with Crippen molar-refractivity contribution in [2.45, 2.75) is 13.5 Å². The van der Waals surface area contributed by atoms with E-state index in [-0.39, 0.29) is 17.4 Å². The quantitative estimate of drug-likeness (QED) is 0.320. The predicted molar refractivity (Wildman–Crippen MR) is 75.9 cm³/mol. The van der Waals surface area contributed by atoms with E-state index in [4.69, 9.17) is 10.9 Å². The molecule has 0 unspecified atom stereocenters. The van der Waals surface area contributed by atoms with Gasteiger partial charge in [0.15, 0.2) is 5.84 Å². The van der Waals surface area contributed by atoms with E-state index in [1.807, 2.05) is 20.2 Å². The van der Waals surface area contributed by atoms with Crippen LogP contribution in [0.2, 0.25) is 0 Å². The molecule has 2 aromatic rings. The maximum atomic E-state index is 12.0. The summed E-state index contributed by atoms with van der Waals surface area (Å²) in [6, 6.07) is 3.07. The molecule has 0 aromatic carbocycles. The minimum atomic E-state index is -0.302. The second-order valence-electron chi connectivity index (χ2n) is 4.51. The van der Waals surface area contributed by atoms with Gasteiger partial charge in [0, 0.05) is 37.1 Å². The summed E-state index contributed by atoms with van der Waals surface area (Å²) in [5, 5.41) is 18.4. The van der Waals surface area contributed by atoms with Crippen molar-refractivity contribution < 1.29 is 10.0 Å². The Morgan fingerprint density at radius 1 is 1.52 bits per heavy atom. The number of oxime groups is 1. The number of amidine groups is 1. The van der Waals surface area contributed by atoms with Gasteiger partial charge in [-0.25, -0.2) is 0 Å². The highest BCUT2D eigenvalue weighted by Crippen LogP contribution is 2.05. The highest BCUT2D eigenvalue weighted by atomic mass is 16.4. The SMILES string of the molecule is Cc1nn(C)cc1CNC(=O)c1ccc(/C(N)=N/O)cn1. The lowest BCUT2D eigenvalue weighted by Crippen LogP contribution is -2.24. The number of nitrogens with two attached hydrogens (primary N) is 1. The summed E-state index contributed by atoms with van der Waals surface area (Å²) in [6.07, 6.45) is 3.23. The third-order valence-electron chi connectivity index (χ3n) is 2.95. The number of hydrogen-bond donors (Lipinski definition) is 3. The Hall–Kier alpha value is -2.90. The second-order valence-corrected chi connectivity index (χ2v) is 4.51. The van der Waals surface area contributed by atoms with Crippen LogP contribution in [0.5, 0.6) is 0 Å². The molecular weight excluding hydrogens is 272 g/mol. The first-order valence-electron chi connectivity index (χ1n) is 6.22. The Balaban J connectivity index is 2.02. The highest BCUT2D eigenvalue weighted by Gasteiger charge is 2.10. The fourth-order valence-electron chi connectivity index (χ4n) is 1.83. The minimum Gasteiger partial charge on any atom is -0.409 e. The number of rotatable bonds is 4.